The summed E-state index contributed by atoms with van der Waals surface area (Å²) in [5.74, 6) is 0. The Balaban J connectivity index is 0.986. The Hall–Kier alpha value is -8.20. The molecule has 2 nitrogen and oxygen atoms in total. The molecule has 0 radical (unpaired) electrons. The second-order valence-corrected chi connectivity index (χ2v) is 18.0. The maximum Gasteiger partial charge on any atom is 0.139 e. The number of rotatable bonds is 5. The zero-order chi connectivity index (χ0) is 42.9. The normalized spacial score (nSPS) is 14.2. The molecule has 0 amide bonds. The predicted octanol–water partition coefficient (Wildman–Crippen LogP) is 16.4. The fourth-order valence-corrected chi connectivity index (χ4v) is 12.2. The molecular weight excluding hydrogens is 787 g/mol. The van der Waals surface area contributed by atoms with Crippen molar-refractivity contribution in [1.29, 1.82) is 0 Å². The Labute approximate surface area is 378 Å². The summed E-state index contributed by atoms with van der Waals surface area (Å²) in [6.07, 6.45) is 0. The predicted molar refractivity (Wildman–Crippen MR) is 268 cm³/mol. The molecule has 2 heteroatoms. The lowest BCUT2D eigenvalue weighted by molar-refractivity contribution is 0.638. The van der Waals surface area contributed by atoms with E-state index in [4.69, 9.17) is 4.42 Å². The molecule has 0 fully saturated rings. The Bertz CT molecular complexity index is 3630. The molecule has 65 heavy (non-hydrogen) atoms. The van der Waals surface area contributed by atoms with Crippen LogP contribution in [0.1, 0.15) is 45.9 Å². The largest absolute Gasteiger partial charge is 0.456 e. The highest BCUT2D eigenvalue weighted by atomic mass is 16.3. The zero-order valence-corrected chi connectivity index (χ0v) is 35.8. The molecule has 3 aliphatic carbocycles. The summed E-state index contributed by atoms with van der Waals surface area (Å²) < 4.78 is 7.01. The monoisotopic (exact) mass is 827 g/mol. The highest BCUT2D eigenvalue weighted by molar-refractivity contribution is 6.08. The van der Waals surface area contributed by atoms with Crippen molar-refractivity contribution >= 4 is 39.0 Å². The van der Waals surface area contributed by atoms with Crippen LogP contribution in [0.5, 0.6) is 0 Å². The molecule has 0 aliphatic heterocycles. The molecule has 0 saturated carbocycles. The van der Waals surface area contributed by atoms with Crippen molar-refractivity contribution in [3.05, 3.63) is 269 Å². The summed E-state index contributed by atoms with van der Waals surface area (Å²) in [5, 5.41) is 2.21. The summed E-state index contributed by atoms with van der Waals surface area (Å²) in [5.41, 5.74) is 23.5. The number of para-hydroxylation sites is 1. The van der Waals surface area contributed by atoms with Gasteiger partial charge in [-0.25, -0.2) is 0 Å². The van der Waals surface area contributed by atoms with Gasteiger partial charge < -0.3 is 9.32 Å². The Morgan fingerprint density at radius 1 is 0.323 bits per heavy atom. The van der Waals surface area contributed by atoms with Gasteiger partial charge in [-0.15, -0.1) is 0 Å². The molecule has 0 bridgehead atoms. The van der Waals surface area contributed by atoms with Crippen LogP contribution in [-0.2, 0) is 10.8 Å². The minimum Gasteiger partial charge on any atom is -0.456 e. The third kappa shape index (κ3) is 4.83. The lowest BCUT2D eigenvalue weighted by Gasteiger charge is -2.32. The molecule has 0 saturated heterocycles. The standard InChI is InChI=1S/C63H41NO/c1-62(53-24-10-5-18-45(53)46-19-6-11-25-54(46)62)58-29-15-23-51-52-38-43(35-37-60(52)65-61(51)58)64(42-32-30-41(31-33-42)40-16-3-2-4-17-40)44-34-36-50-49-22-9-14-28-57(49)63(59(50)39-44)55-26-12-7-20-47(55)48-21-8-13-27-56(48)63/h2-39H,1H3. The summed E-state index contributed by atoms with van der Waals surface area (Å²) >= 11 is 0. The first-order valence-electron chi connectivity index (χ1n) is 22.7. The molecule has 1 heterocycles. The van der Waals surface area contributed by atoms with Gasteiger partial charge in [0.1, 0.15) is 11.2 Å². The van der Waals surface area contributed by atoms with E-state index < -0.39 is 5.41 Å². The van der Waals surface area contributed by atoms with Crippen LogP contribution in [-0.4, -0.2) is 0 Å². The SMILES string of the molecule is CC1(c2cccc3c2oc2ccc(N(c4ccc(-c5ccccc5)cc4)c4ccc5c(c4)C4(c6ccccc6-c6ccccc64)c4ccccc4-5)cc23)c2ccccc2-c2ccccc21. The molecular formula is C63H41NO. The minimum absolute atomic E-state index is 0.384. The molecule has 0 unspecified atom stereocenters. The number of furan rings is 1. The third-order valence-electron chi connectivity index (χ3n) is 15.0. The van der Waals surface area contributed by atoms with Crippen molar-refractivity contribution in [3.8, 4) is 44.5 Å². The van der Waals surface area contributed by atoms with Gasteiger partial charge in [-0.2, -0.15) is 0 Å². The van der Waals surface area contributed by atoms with Crippen LogP contribution >= 0.6 is 0 Å². The second kappa shape index (κ2) is 13.4. The zero-order valence-electron chi connectivity index (χ0n) is 35.8. The van der Waals surface area contributed by atoms with Crippen molar-refractivity contribution in [2.45, 2.75) is 17.8 Å². The number of hydrogen-bond donors (Lipinski definition) is 0. The summed E-state index contributed by atoms with van der Waals surface area (Å²) in [6.45, 7) is 2.37. The molecule has 0 N–H and O–H groups in total. The molecule has 3 aliphatic rings. The van der Waals surface area contributed by atoms with Crippen LogP contribution < -0.4 is 4.90 Å². The van der Waals surface area contributed by atoms with Crippen molar-refractivity contribution in [1.82, 2.24) is 0 Å². The average molecular weight is 828 g/mol. The van der Waals surface area contributed by atoms with E-state index in [1.807, 2.05) is 0 Å². The highest BCUT2D eigenvalue weighted by Crippen LogP contribution is 2.63. The van der Waals surface area contributed by atoms with E-state index in [1.165, 1.54) is 83.5 Å². The Kier molecular flexibility index (Phi) is 7.49. The van der Waals surface area contributed by atoms with Crippen molar-refractivity contribution < 1.29 is 4.42 Å². The minimum atomic E-state index is -0.452. The first kappa shape index (κ1) is 36.3. The Morgan fingerprint density at radius 3 is 1.37 bits per heavy atom. The summed E-state index contributed by atoms with van der Waals surface area (Å²) in [4.78, 5) is 2.44. The van der Waals surface area contributed by atoms with Crippen LogP contribution in [0, 0.1) is 0 Å². The van der Waals surface area contributed by atoms with Gasteiger partial charge in [0.2, 0.25) is 0 Å². The molecule has 0 atom stereocenters. The van der Waals surface area contributed by atoms with Gasteiger partial charge >= 0.3 is 0 Å². The van der Waals surface area contributed by atoms with Gasteiger partial charge in [0.05, 0.1) is 5.41 Å². The smallest absolute Gasteiger partial charge is 0.139 e. The van der Waals surface area contributed by atoms with Crippen LogP contribution in [0.2, 0.25) is 0 Å². The number of hydrogen-bond acceptors (Lipinski definition) is 2. The number of nitrogens with zero attached hydrogens (tertiary/aromatic N) is 1. The van der Waals surface area contributed by atoms with Gasteiger partial charge in [-0.1, -0.05) is 188 Å². The Morgan fingerprint density at radius 2 is 0.769 bits per heavy atom. The van der Waals surface area contributed by atoms with Crippen molar-refractivity contribution in [2.24, 2.45) is 0 Å². The van der Waals surface area contributed by atoms with E-state index in [-0.39, 0.29) is 5.41 Å². The van der Waals surface area contributed by atoms with Gasteiger partial charge in [-0.05, 0) is 127 Å². The molecule has 11 aromatic rings. The fraction of sp³-hybridized carbons (Fsp3) is 0.0476. The van der Waals surface area contributed by atoms with Crippen LogP contribution in [0.3, 0.4) is 0 Å². The van der Waals surface area contributed by atoms with Gasteiger partial charge in [0.15, 0.2) is 0 Å². The maximum atomic E-state index is 7.01. The van der Waals surface area contributed by atoms with E-state index in [0.29, 0.717) is 0 Å². The fourth-order valence-electron chi connectivity index (χ4n) is 12.2. The van der Waals surface area contributed by atoms with E-state index in [0.717, 1.165) is 39.0 Å². The number of anilines is 3. The van der Waals surface area contributed by atoms with Gasteiger partial charge in [-0.3, -0.25) is 0 Å². The van der Waals surface area contributed by atoms with Crippen LogP contribution in [0.4, 0.5) is 17.1 Å². The highest BCUT2D eigenvalue weighted by Gasteiger charge is 2.51. The van der Waals surface area contributed by atoms with Crippen molar-refractivity contribution in [3.63, 3.8) is 0 Å². The van der Waals surface area contributed by atoms with Crippen LogP contribution in [0.25, 0.3) is 66.4 Å². The van der Waals surface area contributed by atoms with Crippen molar-refractivity contribution in [2.75, 3.05) is 4.90 Å². The number of benzene rings is 10. The molecule has 10 aromatic carbocycles. The van der Waals surface area contributed by atoms with E-state index in [9.17, 15) is 0 Å². The summed E-state index contributed by atoms with van der Waals surface area (Å²) in [7, 11) is 0. The van der Waals surface area contributed by atoms with Gasteiger partial charge in [0.25, 0.3) is 0 Å². The molecule has 1 spiro atoms. The first-order chi connectivity index (χ1) is 32.1. The maximum absolute atomic E-state index is 7.01. The van der Waals surface area contributed by atoms with E-state index >= 15 is 0 Å². The number of fused-ring (bicyclic) bond motifs is 16. The van der Waals surface area contributed by atoms with Crippen LogP contribution in [0.15, 0.2) is 235 Å². The topological polar surface area (TPSA) is 16.4 Å². The molecule has 14 rings (SSSR count). The lowest BCUT2D eigenvalue weighted by Crippen LogP contribution is -2.26. The first-order valence-corrected chi connectivity index (χ1v) is 22.7. The average Bonchev–Trinajstić information content (AvgIpc) is 4.07. The molecule has 304 valence electrons. The molecule has 1 aromatic heterocycles. The second-order valence-electron chi connectivity index (χ2n) is 18.0. The third-order valence-corrected chi connectivity index (χ3v) is 15.0. The van der Waals surface area contributed by atoms with E-state index in [2.05, 4.69) is 242 Å². The summed E-state index contributed by atoms with van der Waals surface area (Å²) in [6, 6.07) is 85.1. The lowest BCUT2D eigenvalue weighted by atomic mass is 9.70. The van der Waals surface area contributed by atoms with E-state index in [1.54, 1.807) is 0 Å². The van der Waals surface area contributed by atoms with Gasteiger partial charge in [0, 0.05) is 38.8 Å². The quantitative estimate of drug-likeness (QED) is 0.172.